The van der Waals surface area contributed by atoms with E-state index in [4.69, 9.17) is 9.47 Å². The molecule has 0 aliphatic heterocycles. The minimum Gasteiger partial charge on any atom is -0.469 e. The summed E-state index contributed by atoms with van der Waals surface area (Å²) < 4.78 is 9.60. The summed E-state index contributed by atoms with van der Waals surface area (Å²) in [4.78, 5) is 27.7. The number of allylic oxidation sites excluding steroid dienone is 2. The summed E-state index contributed by atoms with van der Waals surface area (Å²) in [7, 11) is 2.80. The molecule has 0 saturated carbocycles. The number of ether oxygens (including phenoxy) is 2. The second-order valence-corrected chi connectivity index (χ2v) is 14.9. The van der Waals surface area contributed by atoms with Crippen LogP contribution in [0.15, 0.2) is 182 Å². The number of para-hydroxylation sites is 2. The normalized spacial score (nSPS) is 11.2. The number of carbonyl (C=O) groups excluding carboxylic acids is 2. The Morgan fingerprint density at radius 1 is 0.438 bits per heavy atom. The van der Waals surface area contributed by atoms with Crippen molar-refractivity contribution in [3.8, 4) is 12.1 Å². The fraction of sp³-hybridized carbons (Fsp3) is 0.107. The maximum Gasteiger partial charge on any atom is 0.305 e. The Balaban J connectivity index is 1.07. The van der Waals surface area contributed by atoms with Gasteiger partial charge in [0.15, 0.2) is 0 Å². The zero-order chi connectivity index (χ0) is 44.7. The molecule has 0 unspecified atom stereocenters. The standard InChI is InChI=1S/C56H46N4O4/c1-63-55(61)35-21-41-13-27-51(28-14-41)59(49-9-5-3-6-10-49)53-31-17-43(18-32-53)37-47(39-57)45-23-25-46(26-24-45)48(40-58)38-44-19-33-54(34-20-44)60(50-11-7-4-8-12-50)52-29-15-42(16-30-52)22-36-56(62)64-2/h3-20,23-34,37-38H,21-22,35-36H2,1-2H3. The van der Waals surface area contributed by atoms with Crippen LogP contribution in [-0.4, -0.2) is 26.2 Å². The highest BCUT2D eigenvalue weighted by molar-refractivity contribution is 5.93. The molecule has 0 atom stereocenters. The van der Waals surface area contributed by atoms with Crippen molar-refractivity contribution < 1.29 is 19.1 Å². The Hall–Kier alpha value is -8.46. The lowest BCUT2D eigenvalue weighted by Gasteiger charge is -2.25. The van der Waals surface area contributed by atoms with E-state index < -0.39 is 0 Å². The van der Waals surface area contributed by atoms with Gasteiger partial charge >= 0.3 is 11.9 Å². The van der Waals surface area contributed by atoms with Crippen LogP contribution in [0.3, 0.4) is 0 Å². The van der Waals surface area contributed by atoms with E-state index in [1.807, 2.05) is 170 Å². The van der Waals surface area contributed by atoms with E-state index in [-0.39, 0.29) is 11.9 Å². The summed E-state index contributed by atoms with van der Waals surface area (Å²) in [5.41, 5.74) is 12.2. The number of rotatable bonds is 16. The molecule has 0 aromatic heterocycles. The van der Waals surface area contributed by atoms with Crippen LogP contribution in [0.1, 0.15) is 46.2 Å². The van der Waals surface area contributed by atoms with Gasteiger partial charge in [-0.1, -0.05) is 109 Å². The molecule has 8 nitrogen and oxygen atoms in total. The number of hydrogen-bond donors (Lipinski definition) is 0. The summed E-state index contributed by atoms with van der Waals surface area (Å²) in [5.74, 6) is -0.466. The minimum absolute atomic E-state index is 0.233. The number of nitriles is 2. The van der Waals surface area contributed by atoms with Crippen molar-refractivity contribution in [2.75, 3.05) is 24.0 Å². The molecule has 7 aromatic carbocycles. The second kappa shape index (κ2) is 21.4. The highest BCUT2D eigenvalue weighted by Crippen LogP contribution is 2.37. The van der Waals surface area contributed by atoms with Crippen molar-refractivity contribution in [2.45, 2.75) is 25.7 Å². The smallest absolute Gasteiger partial charge is 0.305 e. The Bertz CT molecular complexity index is 2610. The van der Waals surface area contributed by atoms with E-state index in [0.717, 1.165) is 67.5 Å². The molecule has 64 heavy (non-hydrogen) atoms. The molecule has 0 aliphatic carbocycles. The van der Waals surface area contributed by atoms with Gasteiger partial charge in [-0.05, 0) is 131 Å². The van der Waals surface area contributed by atoms with E-state index in [1.54, 1.807) is 0 Å². The molecule has 0 spiro atoms. The Morgan fingerprint density at radius 3 is 1.03 bits per heavy atom. The van der Waals surface area contributed by atoms with Crippen molar-refractivity contribution in [3.05, 3.63) is 215 Å². The van der Waals surface area contributed by atoms with E-state index in [2.05, 4.69) is 46.2 Å². The first kappa shape index (κ1) is 43.6. The summed E-state index contributed by atoms with van der Waals surface area (Å²) >= 11 is 0. The van der Waals surface area contributed by atoms with Crippen molar-refractivity contribution in [3.63, 3.8) is 0 Å². The third-order valence-corrected chi connectivity index (χ3v) is 10.8. The lowest BCUT2D eigenvalue weighted by molar-refractivity contribution is -0.141. The molecule has 8 heteroatoms. The average Bonchev–Trinajstić information content (AvgIpc) is 3.36. The first-order valence-corrected chi connectivity index (χ1v) is 20.9. The molecule has 7 aromatic rings. The molecule has 0 fully saturated rings. The van der Waals surface area contributed by atoms with Crippen LogP contribution in [0, 0.1) is 22.7 Å². The van der Waals surface area contributed by atoms with Crippen LogP contribution in [0.25, 0.3) is 23.3 Å². The summed E-state index contributed by atoms with van der Waals surface area (Å²) in [6.45, 7) is 0. The average molecular weight is 839 g/mol. The van der Waals surface area contributed by atoms with Gasteiger partial charge in [0.25, 0.3) is 0 Å². The zero-order valence-corrected chi connectivity index (χ0v) is 35.7. The molecule has 0 bridgehead atoms. The molecule has 0 heterocycles. The predicted molar refractivity (Wildman–Crippen MR) is 256 cm³/mol. The Kier molecular flexibility index (Phi) is 14.6. The number of benzene rings is 7. The van der Waals surface area contributed by atoms with Gasteiger partial charge in [0.2, 0.25) is 0 Å². The number of methoxy groups -OCH3 is 2. The van der Waals surface area contributed by atoms with Crippen LogP contribution >= 0.6 is 0 Å². The molecule has 0 radical (unpaired) electrons. The van der Waals surface area contributed by atoms with Crippen molar-refractivity contribution >= 4 is 69.4 Å². The van der Waals surface area contributed by atoms with Crippen LogP contribution < -0.4 is 9.80 Å². The topological polar surface area (TPSA) is 107 Å². The summed E-state index contributed by atoms with van der Waals surface area (Å²) in [5, 5.41) is 20.5. The van der Waals surface area contributed by atoms with Gasteiger partial charge in [0.1, 0.15) is 0 Å². The van der Waals surface area contributed by atoms with E-state index in [1.165, 1.54) is 14.2 Å². The zero-order valence-electron chi connectivity index (χ0n) is 35.7. The Labute approximate surface area is 374 Å². The van der Waals surface area contributed by atoms with Gasteiger partial charge in [-0.3, -0.25) is 9.59 Å². The monoisotopic (exact) mass is 838 g/mol. The SMILES string of the molecule is COC(=O)CCc1ccc(N(c2ccccc2)c2ccc(C=C(C#N)c3ccc(C(C#N)=Cc4ccc(N(c5ccccc5)c5ccc(CCC(=O)OC)cc5)cc4)cc3)cc2)cc1. The van der Waals surface area contributed by atoms with Crippen molar-refractivity contribution in [1.82, 2.24) is 0 Å². The largest absolute Gasteiger partial charge is 0.469 e. The molecule has 314 valence electrons. The number of anilines is 6. The fourth-order valence-corrected chi connectivity index (χ4v) is 7.33. The number of aryl methyl sites for hydroxylation is 2. The number of hydrogen-bond acceptors (Lipinski definition) is 8. The minimum atomic E-state index is -0.233. The molecular weight excluding hydrogens is 793 g/mol. The fourth-order valence-electron chi connectivity index (χ4n) is 7.33. The number of nitrogens with zero attached hydrogens (tertiary/aromatic N) is 4. The summed E-state index contributed by atoms with van der Waals surface area (Å²) in [6, 6.07) is 64.8. The Morgan fingerprint density at radius 2 is 0.734 bits per heavy atom. The number of carbonyl (C=O) groups is 2. The van der Waals surface area contributed by atoms with Crippen LogP contribution in [0.5, 0.6) is 0 Å². The molecular formula is C56H46N4O4. The highest BCUT2D eigenvalue weighted by atomic mass is 16.5. The van der Waals surface area contributed by atoms with Crippen molar-refractivity contribution in [2.24, 2.45) is 0 Å². The van der Waals surface area contributed by atoms with Gasteiger partial charge in [0.05, 0.1) is 37.5 Å². The molecule has 0 amide bonds. The summed E-state index contributed by atoms with van der Waals surface area (Å²) in [6.07, 6.45) is 5.58. The molecule has 0 saturated heterocycles. The predicted octanol–water partition coefficient (Wildman–Crippen LogP) is 13.0. The van der Waals surface area contributed by atoms with Crippen LogP contribution in [0.2, 0.25) is 0 Å². The molecule has 0 N–H and O–H groups in total. The van der Waals surface area contributed by atoms with Gasteiger partial charge < -0.3 is 19.3 Å². The van der Waals surface area contributed by atoms with E-state index in [9.17, 15) is 20.1 Å². The first-order chi connectivity index (χ1) is 31.3. The van der Waals surface area contributed by atoms with Crippen molar-refractivity contribution in [1.29, 1.82) is 10.5 Å². The second-order valence-electron chi connectivity index (χ2n) is 14.9. The third-order valence-electron chi connectivity index (χ3n) is 10.8. The first-order valence-electron chi connectivity index (χ1n) is 20.9. The van der Waals surface area contributed by atoms with E-state index in [0.29, 0.717) is 36.8 Å². The molecule has 7 rings (SSSR count). The maximum absolute atomic E-state index is 11.7. The van der Waals surface area contributed by atoms with Crippen LogP contribution in [0.4, 0.5) is 34.1 Å². The third kappa shape index (κ3) is 11.1. The van der Waals surface area contributed by atoms with Gasteiger partial charge in [-0.15, -0.1) is 0 Å². The van der Waals surface area contributed by atoms with E-state index >= 15 is 0 Å². The van der Waals surface area contributed by atoms with Crippen LogP contribution in [-0.2, 0) is 31.9 Å². The van der Waals surface area contributed by atoms with Gasteiger partial charge in [-0.2, -0.15) is 10.5 Å². The lowest BCUT2D eigenvalue weighted by Crippen LogP contribution is -2.10. The molecule has 0 aliphatic rings. The van der Waals surface area contributed by atoms with Gasteiger partial charge in [0, 0.05) is 47.0 Å². The number of esters is 2. The lowest BCUT2D eigenvalue weighted by atomic mass is 9.98. The maximum atomic E-state index is 11.7. The highest BCUT2D eigenvalue weighted by Gasteiger charge is 2.15. The quantitative estimate of drug-likeness (QED) is 0.0538. The van der Waals surface area contributed by atoms with Gasteiger partial charge in [-0.25, -0.2) is 0 Å².